The van der Waals surface area contributed by atoms with Gasteiger partial charge in [0.1, 0.15) is 11.9 Å². The molecule has 2 saturated heterocycles. The Bertz CT molecular complexity index is 1410. The summed E-state index contributed by atoms with van der Waals surface area (Å²) < 4.78 is 13.9. The summed E-state index contributed by atoms with van der Waals surface area (Å²) in [4.78, 5) is 25.5. The van der Waals surface area contributed by atoms with E-state index < -0.39 is 0 Å². The number of anilines is 3. The lowest BCUT2D eigenvalue weighted by molar-refractivity contribution is -0.130. The summed E-state index contributed by atoms with van der Waals surface area (Å²) in [6, 6.07) is 4.17. The van der Waals surface area contributed by atoms with Crippen LogP contribution in [0.25, 0.3) is 11.3 Å². The molecule has 3 aliphatic rings. The summed E-state index contributed by atoms with van der Waals surface area (Å²) >= 11 is 0. The number of aromatic nitrogens is 4. The van der Waals surface area contributed by atoms with E-state index in [0.717, 1.165) is 58.5 Å². The molecule has 0 radical (unpaired) electrons. The van der Waals surface area contributed by atoms with E-state index in [0.29, 0.717) is 26.3 Å². The van der Waals surface area contributed by atoms with E-state index in [1.54, 1.807) is 11.8 Å². The minimum Gasteiger partial charge on any atom is -0.482 e. The van der Waals surface area contributed by atoms with Crippen LogP contribution in [0.5, 0.6) is 5.75 Å². The first kappa shape index (κ1) is 23.3. The average molecular weight is 500 g/mol. The standard InChI is InChI=1S/C27H29N7O3/c1-4-5-24(35)33-15-20(16-33)34-14-19(13-29-34)21-12-22-26(17(2)30-21)37-18(3)25-23(6-7-28-27(25)31-22)32-8-10-36-11-9-32/h6-7,12-14,18,20H,8-11,15-16H2,1-3H3,(H,28,31)/t18-/m0/s1. The number of pyridine rings is 2. The third-order valence-corrected chi connectivity index (χ3v) is 7.07. The van der Waals surface area contributed by atoms with Crippen molar-refractivity contribution >= 4 is 23.1 Å². The highest BCUT2D eigenvalue weighted by Gasteiger charge is 2.32. The number of nitrogens with one attached hydrogen (secondary N) is 1. The zero-order valence-electron chi connectivity index (χ0n) is 21.2. The van der Waals surface area contributed by atoms with Gasteiger partial charge in [-0.05, 0) is 38.8 Å². The van der Waals surface area contributed by atoms with E-state index in [9.17, 15) is 4.79 Å². The fourth-order valence-corrected chi connectivity index (χ4v) is 5.10. The smallest absolute Gasteiger partial charge is 0.298 e. The summed E-state index contributed by atoms with van der Waals surface area (Å²) in [5.74, 6) is 6.62. The highest BCUT2D eigenvalue weighted by Crippen LogP contribution is 2.44. The number of ether oxygens (including phenoxy) is 2. The fraction of sp³-hybridized carbons (Fsp3) is 0.407. The van der Waals surface area contributed by atoms with Gasteiger partial charge in [0.2, 0.25) is 0 Å². The summed E-state index contributed by atoms with van der Waals surface area (Å²) in [6.45, 7) is 9.98. The molecule has 3 aromatic rings. The van der Waals surface area contributed by atoms with E-state index in [1.807, 2.05) is 36.3 Å². The zero-order valence-corrected chi connectivity index (χ0v) is 21.2. The number of aryl methyl sites for hydroxylation is 1. The summed E-state index contributed by atoms with van der Waals surface area (Å²) in [7, 11) is 0. The second-order valence-corrected chi connectivity index (χ2v) is 9.49. The molecule has 1 atom stereocenters. The van der Waals surface area contributed by atoms with Crippen LogP contribution < -0.4 is 15.0 Å². The topological polar surface area (TPSA) is 97.6 Å². The lowest BCUT2D eigenvalue weighted by atomic mass is 10.1. The Balaban J connectivity index is 1.27. The van der Waals surface area contributed by atoms with Crippen molar-refractivity contribution in [3.63, 3.8) is 0 Å². The lowest BCUT2D eigenvalue weighted by Crippen LogP contribution is -2.50. The number of carbonyl (C=O) groups is 1. The van der Waals surface area contributed by atoms with Crippen molar-refractivity contribution in [2.24, 2.45) is 0 Å². The number of rotatable bonds is 3. The number of hydrogen-bond donors (Lipinski definition) is 1. The van der Waals surface area contributed by atoms with Crippen LogP contribution in [0.1, 0.15) is 37.3 Å². The van der Waals surface area contributed by atoms with Crippen LogP contribution in [0, 0.1) is 18.8 Å². The highest BCUT2D eigenvalue weighted by atomic mass is 16.5. The maximum absolute atomic E-state index is 11.9. The molecule has 0 unspecified atom stereocenters. The number of morpholine rings is 1. The first-order valence-corrected chi connectivity index (χ1v) is 12.5. The maximum Gasteiger partial charge on any atom is 0.298 e. The van der Waals surface area contributed by atoms with Gasteiger partial charge in [0.05, 0.1) is 48.1 Å². The van der Waals surface area contributed by atoms with E-state index in [1.165, 1.54) is 0 Å². The van der Waals surface area contributed by atoms with Crippen molar-refractivity contribution in [3.05, 3.63) is 42.0 Å². The normalized spacial score (nSPS) is 18.8. The predicted molar refractivity (Wildman–Crippen MR) is 139 cm³/mol. The third-order valence-electron chi connectivity index (χ3n) is 7.07. The third kappa shape index (κ3) is 4.25. The largest absolute Gasteiger partial charge is 0.482 e. The zero-order chi connectivity index (χ0) is 25.5. The Kier molecular flexibility index (Phi) is 5.93. The summed E-state index contributed by atoms with van der Waals surface area (Å²) in [6.07, 6.45) is 5.43. The quantitative estimate of drug-likeness (QED) is 0.549. The molecule has 37 heavy (non-hydrogen) atoms. The molecule has 0 bridgehead atoms. The number of likely N-dealkylation sites (tertiary alicyclic amines) is 1. The van der Waals surface area contributed by atoms with Gasteiger partial charge in [0.25, 0.3) is 5.91 Å². The Labute approximate surface area is 215 Å². The van der Waals surface area contributed by atoms with Crippen LogP contribution in [0.3, 0.4) is 0 Å². The lowest BCUT2D eigenvalue weighted by Gasteiger charge is -2.37. The van der Waals surface area contributed by atoms with Crippen molar-refractivity contribution in [3.8, 4) is 28.8 Å². The number of hydrogen-bond acceptors (Lipinski definition) is 8. The first-order valence-electron chi connectivity index (χ1n) is 12.5. The minimum absolute atomic E-state index is 0.135. The van der Waals surface area contributed by atoms with Crippen LogP contribution >= 0.6 is 0 Å². The molecule has 10 nitrogen and oxygen atoms in total. The Morgan fingerprint density at radius 1 is 1.24 bits per heavy atom. The summed E-state index contributed by atoms with van der Waals surface area (Å²) in [5.41, 5.74) is 5.46. The SMILES string of the molecule is CC#CC(=O)N1CC(n2cc(-c3cc4c(c(C)n3)O[C@@H](C)c3c(N5CCOCC5)ccnc3N4)cn2)C1. The van der Waals surface area contributed by atoms with Gasteiger partial charge in [-0.15, -0.1) is 0 Å². The average Bonchev–Trinajstić information content (AvgIpc) is 3.29. The Morgan fingerprint density at radius 3 is 2.84 bits per heavy atom. The number of amides is 1. The maximum atomic E-state index is 11.9. The van der Waals surface area contributed by atoms with E-state index >= 15 is 0 Å². The molecule has 190 valence electrons. The number of carbonyl (C=O) groups excluding carboxylic acids is 1. The van der Waals surface area contributed by atoms with Crippen LogP contribution in [0.15, 0.2) is 30.7 Å². The molecule has 6 rings (SSSR count). The monoisotopic (exact) mass is 499 g/mol. The van der Waals surface area contributed by atoms with Crippen molar-refractivity contribution in [2.75, 3.05) is 49.6 Å². The van der Waals surface area contributed by atoms with Gasteiger partial charge in [-0.3, -0.25) is 9.48 Å². The molecule has 0 aromatic carbocycles. The molecular formula is C27H29N7O3. The molecule has 0 aliphatic carbocycles. The molecule has 0 saturated carbocycles. The molecule has 6 heterocycles. The van der Waals surface area contributed by atoms with Crippen molar-refractivity contribution in [1.29, 1.82) is 0 Å². The van der Waals surface area contributed by atoms with Crippen molar-refractivity contribution in [2.45, 2.75) is 32.9 Å². The molecule has 3 aliphatic heterocycles. The van der Waals surface area contributed by atoms with Gasteiger partial charge < -0.3 is 24.6 Å². The minimum atomic E-state index is -0.203. The molecule has 3 aromatic heterocycles. The number of nitrogens with zero attached hydrogens (tertiary/aromatic N) is 6. The molecule has 10 heteroatoms. The van der Waals surface area contributed by atoms with Gasteiger partial charge in [-0.1, -0.05) is 5.92 Å². The predicted octanol–water partition coefficient (Wildman–Crippen LogP) is 3.09. The molecular weight excluding hydrogens is 470 g/mol. The second kappa shape index (κ2) is 9.41. The second-order valence-electron chi connectivity index (χ2n) is 9.49. The van der Waals surface area contributed by atoms with Gasteiger partial charge in [-0.2, -0.15) is 5.10 Å². The van der Waals surface area contributed by atoms with Crippen LogP contribution in [-0.4, -0.2) is 69.9 Å². The van der Waals surface area contributed by atoms with Crippen molar-refractivity contribution in [1.82, 2.24) is 24.6 Å². The molecule has 0 spiro atoms. The van der Waals surface area contributed by atoms with Crippen LogP contribution in [-0.2, 0) is 9.53 Å². The Morgan fingerprint density at radius 2 is 2.05 bits per heavy atom. The van der Waals surface area contributed by atoms with Gasteiger partial charge in [0, 0.05) is 49.8 Å². The first-order chi connectivity index (χ1) is 18.0. The van der Waals surface area contributed by atoms with Gasteiger partial charge in [-0.25, -0.2) is 9.97 Å². The molecule has 1 amide bonds. The van der Waals surface area contributed by atoms with Gasteiger partial charge >= 0.3 is 0 Å². The summed E-state index contributed by atoms with van der Waals surface area (Å²) in [5, 5.41) is 8.08. The van der Waals surface area contributed by atoms with Crippen LogP contribution in [0.4, 0.5) is 17.2 Å². The molecule has 1 N–H and O–H groups in total. The van der Waals surface area contributed by atoms with Crippen molar-refractivity contribution < 1.29 is 14.3 Å². The highest BCUT2D eigenvalue weighted by molar-refractivity contribution is 5.94. The fourth-order valence-electron chi connectivity index (χ4n) is 5.10. The van der Waals surface area contributed by atoms with E-state index in [-0.39, 0.29) is 18.1 Å². The molecule has 2 fully saturated rings. The van der Waals surface area contributed by atoms with Crippen LogP contribution in [0.2, 0.25) is 0 Å². The number of fused-ring (bicyclic) bond motifs is 2. The van der Waals surface area contributed by atoms with E-state index in [4.69, 9.17) is 14.5 Å². The Hall–Kier alpha value is -4.10. The van der Waals surface area contributed by atoms with Gasteiger partial charge in [0.15, 0.2) is 5.75 Å². The van der Waals surface area contributed by atoms with E-state index in [2.05, 4.69) is 45.1 Å².